The maximum atomic E-state index is 11.8. The SMILES string of the molecule is CC1CC(NC(=O)c2ccc(CCl)cc2)C1. The van der Waals surface area contributed by atoms with Crippen molar-refractivity contribution in [2.45, 2.75) is 31.7 Å². The fourth-order valence-corrected chi connectivity index (χ4v) is 2.21. The van der Waals surface area contributed by atoms with E-state index in [0.717, 1.165) is 24.3 Å². The third kappa shape index (κ3) is 2.56. The molecule has 86 valence electrons. The summed E-state index contributed by atoms with van der Waals surface area (Å²) in [4.78, 5) is 11.8. The van der Waals surface area contributed by atoms with Gasteiger partial charge in [0.25, 0.3) is 5.91 Å². The molecule has 0 aliphatic heterocycles. The van der Waals surface area contributed by atoms with E-state index in [-0.39, 0.29) is 5.91 Å². The van der Waals surface area contributed by atoms with Crippen LogP contribution >= 0.6 is 11.6 Å². The van der Waals surface area contributed by atoms with Crippen LogP contribution in [0.1, 0.15) is 35.7 Å². The normalized spacial score (nSPS) is 23.6. The molecule has 1 N–H and O–H groups in total. The van der Waals surface area contributed by atoms with E-state index < -0.39 is 0 Å². The molecular weight excluding hydrogens is 222 g/mol. The Labute approximate surface area is 101 Å². The Bertz CT molecular complexity index is 368. The molecule has 0 unspecified atom stereocenters. The number of rotatable bonds is 3. The fourth-order valence-electron chi connectivity index (χ4n) is 2.03. The third-order valence-corrected chi connectivity index (χ3v) is 3.39. The molecule has 2 rings (SSSR count). The first-order chi connectivity index (χ1) is 7.69. The van der Waals surface area contributed by atoms with Gasteiger partial charge in [0.05, 0.1) is 0 Å². The van der Waals surface area contributed by atoms with Gasteiger partial charge < -0.3 is 5.32 Å². The summed E-state index contributed by atoms with van der Waals surface area (Å²) in [6.45, 7) is 2.21. The van der Waals surface area contributed by atoms with E-state index in [9.17, 15) is 4.79 Å². The van der Waals surface area contributed by atoms with Gasteiger partial charge >= 0.3 is 0 Å². The van der Waals surface area contributed by atoms with Crippen molar-refractivity contribution in [2.24, 2.45) is 5.92 Å². The van der Waals surface area contributed by atoms with Gasteiger partial charge in [0, 0.05) is 17.5 Å². The van der Waals surface area contributed by atoms with Gasteiger partial charge in [0.15, 0.2) is 0 Å². The maximum Gasteiger partial charge on any atom is 0.251 e. The summed E-state index contributed by atoms with van der Waals surface area (Å²) in [5, 5.41) is 3.03. The average Bonchev–Trinajstić information content (AvgIpc) is 2.27. The Morgan fingerprint density at radius 1 is 1.38 bits per heavy atom. The number of hydrogen-bond donors (Lipinski definition) is 1. The molecule has 0 aromatic heterocycles. The molecule has 1 aromatic rings. The van der Waals surface area contributed by atoms with Gasteiger partial charge in [0.2, 0.25) is 0 Å². The van der Waals surface area contributed by atoms with Crippen molar-refractivity contribution in [1.29, 1.82) is 0 Å². The number of amides is 1. The largest absolute Gasteiger partial charge is 0.349 e. The van der Waals surface area contributed by atoms with Gasteiger partial charge in [-0.1, -0.05) is 19.1 Å². The quantitative estimate of drug-likeness (QED) is 0.805. The minimum atomic E-state index is 0.0259. The summed E-state index contributed by atoms with van der Waals surface area (Å²) in [7, 11) is 0. The van der Waals surface area contributed by atoms with Crippen molar-refractivity contribution >= 4 is 17.5 Å². The van der Waals surface area contributed by atoms with E-state index in [1.807, 2.05) is 24.3 Å². The molecule has 0 radical (unpaired) electrons. The Morgan fingerprint density at radius 3 is 2.50 bits per heavy atom. The van der Waals surface area contributed by atoms with Crippen LogP contribution < -0.4 is 5.32 Å². The highest BCUT2D eigenvalue weighted by Gasteiger charge is 2.26. The van der Waals surface area contributed by atoms with Gasteiger partial charge in [-0.3, -0.25) is 4.79 Å². The van der Waals surface area contributed by atoms with E-state index in [1.165, 1.54) is 0 Å². The Morgan fingerprint density at radius 2 is 2.00 bits per heavy atom. The van der Waals surface area contributed by atoms with Crippen LogP contribution in [0.5, 0.6) is 0 Å². The Kier molecular flexibility index (Phi) is 3.49. The van der Waals surface area contributed by atoms with Gasteiger partial charge in [-0.25, -0.2) is 0 Å². The van der Waals surface area contributed by atoms with E-state index >= 15 is 0 Å². The Hall–Kier alpha value is -1.02. The summed E-state index contributed by atoms with van der Waals surface area (Å²) in [5.41, 5.74) is 1.75. The van der Waals surface area contributed by atoms with Crippen molar-refractivity contribution in [3.05, 3.63) is 35.4 Å². The van der Waals surface area contributed by atoms with Crippen LogP contribution in [0.3, 0.4) is 0 Å². The first-order valence-electron chi connectivity index (χ1n) is 5.65. The molecule has 2 nitrogen and oxygen atoms in total. The molecule has 0 heterocycles. The lowest BCUT2D eigenvalue weighted by atomic mass is 9.82. The minimum Gasteiger partial charge on any atom is -0.349 e. The van der Waals surface area contributed by atoms with E-state index in [2.05, 4.69) is 12.2 Å². The fraction of sp³-hybridized carbons (Fsp3) is 0.462. The zero-order valence-corrected chi connectivity index (χ0v) is 10.1. The lowest BCUT2D eigenvalue weighted by Crippen LogP contribution is -2.43. The van der Waals surface area contributed by atoms with Gasteiger partial charge in [-0.15, -0.1) is 11.6 Å². The second-order valence-electron chi connectivity index (χ2n) is 4.58. The first-order valence-corrected chi connectivity index (χ1v) is 6.18. The molecule has 0 spiro atoms. The van der Waals surface area contributed by atoms with E-state index in [1.54, 1.807) is 0 Å². The lowest BCUT2D eigenvalue weighted by molar-refractivity contribution is 0.0896. The lowest BCUT2D eigenvalue weighted by Gasteiger charge is -2.33. The van der Waals surface area contributed by atoms with E-state index in [0.29, 0.717) is 17.5 Å². The van der Waals surface area contributed by atoms with Gasteiger partial charge in [-0.2, -0.15) is 0 Å². The molecular formula is C13H16ClNO. The topological polar surface area (TPSA) is 29.1 Å². The highest BCUT2D eigenvalue weighted by atomic mass is 35.5. The molecule has 0 atom stereocenters. The van der Waals surface area contributed by atoms with Gasteiger partial charge in [0.1, 0.15) is 0 Å². The number of carbonyl (C=O) groups is 1. The third-order valence-electron chi connectivity index (χ3n) is 3.08. The molecule has 1 aliphatic rings. The monoisotopic (exact) mass is 237 g/mol. The molecule has 1 amide bonds. The number of nitrogens with one attached hydrogen (secondary N) is 1. The number of carbonyl (C=O) groups excluding carboxylic acids is 1. The molecule has 0 bridgehead atoms. The minimum absolute atomic E-state index is 0.0259. The standard InChI is InChI=1S/C13H16ClNO/c1-9-6-12(7-9)15-13(16)11-4-2-10(8-14)3-5-11/h2-5,9,12H,6-8H2,1H3,(H,15,16). The van der Waals surface area contributed by atoms with Crippen molar-refractivity contribution < 1.29 is 4.79 Å². The van der Waals surface area contributed by atoms with Crippen molar-refractivity contribution in [2.75, 3.05) is 0 Å². The molecule has 0 saturated heterocycles. The smallest absolute Gasteiger partial charge is 0.251 e. The summed E-state index contributed by atoms with van der Waals surface area (Å²) in [6, 6.07) is 7.82. The summed E-state index contributed by atoms with van der Waals surface area (Å²) >= 11 is 5.69. The van der Waals surface area contributed by atoms with Crippen molar-refractivity contribution in [3.63, 3.8) is 0 Å². The summed E-state index contributed by atoms with van der Waals surface area (Å²) in [6.07, 6.45) is 2.21. The molecule has 1 saturated carbocycles. The van der Waals surface area contributed by atoms with Crippen LogP contribution in [0.2, 0.25) is 0 Å². The number of hydrogen-bond acceptors (Lipinski definition) is 1. The number of benzene rings is 1. The predicted molar refractivity (Wildman–Crippen MR) is 65.7 cm³/mol. The van der Waals surface area contributed by atoms with Crippen LogP contribution in [0.4, 0.5) is 0 Å². The molecule has 16 heavy (non-hydrogen) atoms. The summed E-state index contributed by atoms with van der Waals surface area (Å²) in [5.74, 6) is 1.27. The van der Waals surface area contributed by atoms with E-state index in [4.69, 9.17) is 11.6 Å². The zero-order valence-electron chi connectivity index (χ0n) is 9.37. The number of halogens is 1. The second kappa shape index (κ2) is 4.88. The Balaban J connectivity index is 1.93. The van der Waals surface area contributed by atoms with Crippen LogP contribution in [0.15, 0.2) is 24.3 Å². The van der Waals surface area contributed by atoms with Crippen LogP contribution in [-0.4, -0.2) is 11.9 Å². The highest BCUT2D eigenvalue weighted by Crippen LogP contribution is 2.26. The zero-order chi connectivity index (χ0) is 11.5. The van der Waals surface area contributed by atoms with Crippen LogP contribution in [0, 0.1) is 5.92 Å². The predicted octanol–water partition coefficient (Wildman–Crippen LogP) is 2.95. The first kappa shape index (κ1) is 11.5. The second-order valence-corrected chi connectivity index (χ2v) is 4.84. The van der Waals surface area contributed by atoms with Crippen LogP contribution in [-0.2, 0) is 5.88 Å². The molecule has 1 fully saturated rings. The summed E-state index contributed by atoms with van der Waals surface area (Å²) < 4.78 is 0. The maximum absolute atomic E-state index is 11.8. The molecule has 3 heteroatoms. The average molecular weight is 238 g/mol. The van der Waals surface area contributed by atoms with Crippen molar-refractivity contribution in [1.82, 2.24) is 5.32 Å². The molecule has 1 aromatic carbocycles. The molecule has 1 aliphatic carbocycles. The van der Waals surface area contributed by atoms with Crippen molar-refractivity contribution in [3.8, 4) is 0 Å². The van der Waals surface area contributed by atoms with Crippen LogP contribution in [0.25, 0.3) is 0 Å². The van der Waals surface area contributed by atoms with Gasteiger partial charge in [-0.05, 0) is 36.5 Å². The number of alkyl halides is 1. The highest BCUT2D eigenvalue weighted by molar-refractivity contribution is 6.17.